The molecule has 1 aromatic carbocycles. The second kappa shape index (κ2) is 9.99. The Labute approximate surface area is 118 Å². The van der Waals surface area contributed by atoms with Gasteiger partial charge in [0.2, 0.25) is 0 Å². The molecule has 2 nitrogen and oxygen atoms in total. The van der Waals surface area contributed by atoms with Crippen LogP contribution in [0.5, 0.6) is 0 Å². The summed E-state index contributed by atoms with van der Waals surface area (Å²) in [5.41, 5.74) is 2.93. The minimum absolute atomic E-state index is 0.680. The average molecular weight is 263 g/mol. The van der Waals surface area contributed by atoms with Gasteiger partial charge < -0.3 is 10.1 Å². The lowest BCUT2D eigenvalue weighted by atomic mass is 9.96. The molecule has 0 fully saturated rings. The maximum atomic E-state index is 4.99. The highest BCUT2D eigenvalue weighted by molar-refractivity contribution is 5.25. The van der Waals surface area contributed by atoms with Crippen LogP contribution >= 0.6 is 0 Å². The fraction of sp³-hybridized carbons (Fsp3) is 0.647. The van der Waals surface area contributed by atoms with Gasteiger partial charge in [-0.3, -0.25) is 0 Å². The van der Waals surface area contributed by atoms with Crippen molar-refractivity contribution in [1.29, 1.82) is 0 Å². The highest BCUT2D eigenvalue weighted by atomic mass is 16.5. The van der Waals surface area contributed by atoms with Crippen molar-refractivity contribution >= 4 is 0 Å². The number of hydrogen-bond donors (Lipinski definition) is 1. The molecule has 1 rings (SSSR count). The van der Waals surface area contributed by atoms with Crippen LogP contribution in [0.1, 0.15) is 50.2 Å². The molecule has 0 aromatic heterocycles. The van der Waals surface area contributed by atoms with Gasteiger partial charge in [0.05, 0.1) is 6.61 Å². The van der Waals surface area contributed by atoms with E-state index in [4.69, 9.17) is 4.74 Å². The van der Waals surface area contributed by atoms with Crippen molar-refractivity contribution < 1.29 is 4.74 Å². The summed E-state index contributed by atoms with van der Waals surface area (Å²) in [5.74, 6) is 0.680. The number of hydrogen-bond acceptors (Lipinski definition) is 2. The van der Waals surface area contributed by atoms with Crippen LogP contribution in [0.3, 0.4) is 0 Å². The predicted octanol–water partition coefficient (Wildman–Crippen LogP) is 3.76. The molecule has 0 saturated carbocycles. The Morgan fingerprint density at radius 1 is 1.11 bits per heavy atom. The number of rotatable bonds is 10. The van der Waals surface area contributed by atoms with E-state index in [1.807, 2.05) is 0 Å². The molecule has 1 unspecified atom stereocenters. The third kappa shape index (κ3) is 6.74. The summed E-state index contributed by atoms with van der Waals surface area (Å²) in [4.78, 5) is 0. The summed E-state index contributed by atoms with van der Waals surface area (Å²) in [6.45, 7) is 7.39. The van der Waals surface area contributed by atoms with Crippen molar-refractivity contribution in [3.63, 3.8) is 0 Å². The van der Waals surface area contributed by atoms with Gasteiger partial charge in [0.25, 0.3) is 0 Å². The van der Waals surface area contributed by atoms with Crippen molar-refractivity contribution in [3.05, 3.63) is 35.4 Å². The SMILES string of the molecule is CCC(C)c1ccc(CCCCNCCOC)cc1. The molecule has 1 aromatic rings. The fourth-order valence-electron chi connectivity index (χ4n) is 2.13. The molecule has 1 atom stereocenters. The zero-order chi connectivity index (χ0) is 13.9. The lowest BCUT2D eigenvalue weighted by Gasteiger charge is -2.10. The quantitative estimate of drug-likeness (QED) is 0.649. The molecule has 1 N–H and O–H groups in total. The Hall–Kier alpha value is -0.860. The summed E-state index contributed by atoms with van der Waals surface area (Å²) in [7, 11) is 1.74. The summed E-state index contributed by atoms with van der Waals surface area (Å²) in [5, 5.41) is 3.38. The van der Waals surface area contributed by atoms with Crippen LogP contribution in [0.15, 0.2) is 24.3 Å². The van der Waals surface area contributed by atoms with Crippen LogP contribution in [0.4, 0.5) is 0 Å². The van der Waals surface area contributed by atoms with Crippen molar-refractivity contribution in [3.8, 4) is 0 Å². The van der Waals surface area contributed by atoms with Crippen LogP contribution < -0.4 is 5.32 Å². The first kappa shape index (κ1) is 16.2. The molecule has 0 aliphatic carbocycles. The van der Waals surface area contributed by atoms with Crippen LogP contribution in [-0.2, 0) is 11.2 Å². The molecule has 0 heterocycles. The predicted molar refractivity (Wildman–Crippen MR) is 82.8 cm³/mol. The zero-order valence-corrected chi connectivity index (χ0v) is 12.7. The molecule has 0 saturated heterocycles. The smallest absolute Gasteiger partial charge is 0.0587 e. The molecule has 0 radical (unpaired) electrons. The lowest BCUT2D eigenvalue weighted by molar-refractivity contribution is 0.199. The first-order chi connectivity index (χ1) is 9.27. The van der Waals surface area contributed by atoms with E-state index in [0.717, 1.165) is 19.7 Å². The second-order valence-corrected chi connectivity index (χ2v) is 5.25. The molecular formula is C17H29NO. The van der Waals surface area contributed by atoms with E-state index in [1.165, 1.54) is 36.8 Å². The minimum Gasteiger partial charge on any atom is -0.383 e. The van der Waals surface area contributed by atoms with E-state index in [-0.39, 0.29) is 0 Å². The normalized spacial score (nSPS) is 12.6. The molecule has 108 valence electrons. The van der Waals surface area contributed by atoms with Gasteiger partial charge in [0.1, 0.15) is 0 Å². The zero-order valence-electron chi connectivity index (χ0n) is 12.7. The number of benzene rings is 1. The van der Waals surface area contributed by atoms with Gasteiger partial charge >= 0.3 is 0 Å². The molecular weight excluding hydrogens is 234 g/mol. The van der Waals surface area contributed by atoms with Gasteiger partial charge in [0, 0.05) is 13.7 Å². The molecule has 0 amide bonds. The number of aryl methyl sites for hydroxylation is 1. The average Bonchev–Trinajstić information content (AvgIpc) is 2.46. The van der Waals surface area contributed by atoms with Crippen molar-refractivity contribution in [2.45, 2.75) is 45.4 Å². The first-order valence-electron chi connectivity index (χ1n) is 7.56. The van der Waals surface area contributed by atoms with E-state index < -0.39 is 0 Å². The standard InChI is InChI=1S/C17H29NO/c1-4-15(2)17-10-8-16(9-11-17)7-5-6-12-18-13-14-19-3/h8-11,15,18H,4-7,12-14H2,1-3H3. The van der Waals surface area contributed by atoms with E-state index in [9.17, 15) is 0 Å². The topological polar surface area (TPSA) is 21.3 Å². The van der Waals surface area contributed by atoms with E-state index in [1.54, 1.807) is 7.11 Å². The molecule has 19 heavy (non-hydrogen) atoms. The van der Waals surface area contributed by atoms with Crippen molar-refractivity contribution in [1.82, 2.24) is 5.32 Å². The monoisotopic (exact) mass is 263 g/mol. The van der Waals surface area contributed by atoms with Gasteiger partial charge in [-0.1, -0.05) is 38.1 Å². The molecule has 2 heteroatoms. The van der Waals surface area contributed by atoms with Crippen molar-refractivity contribution in [2.24, 2.45) is 0 Å². The molecule has 0 bridgehead atoms. The summed E-state index contributed by atoms with van der Waals surface area (Å²) < 4.78 is 4.99. The van der Waals surface area contributed by atoms with Crippen molar-refractivity contribution in [2.75, 3.05) is 26.8 Å². The van der Waals surface area contributed by atoms with E-state index in [0.29, 0.717) is 5.92 Å². The Morgan fingerprint density at radius 2 is 1.84 bits per heavy atom. The Kier molecular flexibility index (Phi) is 8.52. The maximum absolute atomic E-state index is 4.99. The van der Waals surface area contributed by atoms with Crippen LogP contribution in [0, 0.1) is 0 Å². The number of methoxy groups -OCH3 is 1. The highest BCUT2D eigenvalue weighted by Gasteiger charge is 2.02. The van der Waals surface area contributed by atoms with Gasteiger partial charge in [-0.15, -0.1) is 0 Å². The largest absolute Gasteiger partial charge is 0.383 e. The van der Waals surface area contributed by atoms with E-state index >= 15 is 0 Å². The number of unbranched alkanes of at least 4 members (excludes halogenated alkanes) is 1. The summed E-state index contributed by atoms with van der Waals surface area (Å²) >= 11 is 0. The Morgan fingerprint density at radius 3 is 2.47 bits per heavy atom. The third-order valence-electron chi connectivity index (χ3n) is 3.71. The molecule has 0 spiro atoms. The first-order valence-corrected chi connectivity index (χ1v) is 7.56. The van der Waals surface area contributed by atoms with Gasteiger partial charge in [-0.05, 0) is 49.3 Å². The maximum Gasteiger partial charge on any atom is 0.0587 e. The summed E-state index contributed by atoms with van der Waals surface area (Å²) in [6.07, 6.45) is 4.89. The molecule has 0 aliphatic rings. The van der Waals surface area contributed by atoms with E-state index in [2.05, 4.69) is 43.4 Å². The lowest BCUT2D eigenvalue weighted by Crippen LogP contribution is -2.20. The van der Waals surface area contributed by atoms with Gasteiger partial charge in [-0.25, -0.2) is 0 Å². The number of nitrogens with one attached hydrogen (secondary N) is 1. The van der Waals surface area contributed by atoms with Crippen LogP contribution in [0.2, 0.25) is 0 Å². The highest BCUT2D eigenvalue weighted by Crippen LogP contribution is 2.19. The second-order valence-electron chi connectivity index (χ2n) is 5.25. The van der Waals surface area contributed by atoms with Gasteiger partial charge in [-0.2, -0.15) is 0 Å². The molecule has 0 aliphatic heterocycles. The summed E-state index contributed by atoms with van der Waals surface area (Å²) in [6, 6.07) is 9.17. The van der Waals surface area contributed by atoms with Gasteiger partial charge in [0.15, 0.2) is 0 Å². The third-order valence-corrected chi connectivity index (χ3v) is 3.71. The minimum atomic E-state index is 0.680. The Bertz CT molecular complexity index is 321. The number of ether oxygens (including phenoxy) is 1. The fourth-order valence-corrected chi connectivity index (χ4v) is 2.13. The van der Waals surface area contributed by atoms with Crippen LogP contribution in [0.25, 0.3) is 0 Å². The Balaban J connectivity index is 2.16. The van der Waals surface area contributed by atoms with Crippen LogP contribution in [-0.4, -0.2) is 26.8 Å².